The fourth-order valence-electron chi connectivity index (χ4n) is 5.23. The minimum absolute atomic E-state index is 0.0718. The number of amides is 1. The van der Waals surface area contributed by atoms with Crippen LogP contribution in [0.15, 0.2) is 30.5 Å². The van der Waals surface area contributed by atoms with Gasteiger partial charge in [-0.25, -0.2) is 9.78 Å². The number of carboxylic acid groups (broad SMARTS) is 1. The Balaban J connectivity index is 1.37. The zero-order valence-electron chi connectivity index (χ0n) is 17.7. The molecule has 2 aliphatic rings. The molecule has 0 bridgehead atoms. The Hall–Kier alpha value is -2.38. The molecule has 1 aromatic heterocycles. The number of likely N-dealkylation sites (tertiary alicyclic amines) is 1. The summed E-state index contributed by atoms with van der Waals surface area (Å²) in [6.07, 6.45) is 4.38. The summed E-state index contributed by atoms with van der Waals surface area (Å²) in [6, 6.07) is 8.04. The quantitative estimate of drug-likeness (QED) is 0.585. The van der Waals surface area contributed by atoms with E-state index in [4.69, 9.17) is 17.3 Å². The Morgan fingerprint density at radius 2 is 1.94 bits per heavy atom. The number of nitrogens with two attached hydrogens (primary N) is 1. The fourth-order valence-corrected chi connectivity index (χ4v) is 5.36. The van der Waals surface area contributed by atoms with Crippen LogP contribution in [0.1, 0.15) is 53.5 Å². The first kappa shape index (κ1) is 21.8. The maximum Gasteiger partial charge on any atom is 0.356 e. The van der Waals surface area contributed by atoms with E-state index in [1.165, 1.54) is 5.56 Å². The van der Waals surface area contributed by atoms with E-state index >= 15 is 0 Å². The molecule has 31 heavy (non-hydrogen) atoms. The molecule has 0 spiro atoms. The molecule has 0 radical (unpaired) electrons. The number of carbonyl (C=O) groups is 2. The molecule has 2 fully saturated rings. The number of halogens is 1. The molecular weight excluding hydrogens is 416 g/mol. The molecule has 1 aromatic carbocycles. The van der Waals surface area contributed by atoms with Crippen molar-refractivity contribution < 1.29 is 14.7 Å². The number of rotatable bonds is 10. The Morgan fingerprint density at radius 1 is 1.26 bits per heavy atom. The number of aromatic carboxylic acids is 1. The van der Waals surface area contributed by atoms with Crippen LogP contribution in [-0.4, -0.2) is 44.5 Å². The summed E-state index contributed by atoms with van der Waals surface area (Å²) < 4.78 is 1.82. The summed E-state index contributed by atoms with van der Waals surface area (Å²) in [4.78, 5) is 29.4. The van der Waals surface area contributed by atoms with E-state index in [-0.39, 0.29) is 17.5 Å². The number of aromatic nitrogens is 2. The third kappa shape index (κ3) is 5.10. The van der Waals surface area contributed by atoms with Crippen molar-refractivity contribution in [2.24, 2.45) is 30.5 Å². The topological polar surface area (TPSA) is 101 Å². The number of hydrogen-bond donors (Lipinski definition) is 2. The Bertz CT molecular complexity index is 946. The normalized spacial score (nSPS) is 23.5. The van der Waals surface area contributed by atoms with E-state index in [1.54, 1.807) is 6.20 Å². The molecule has 1 saturated carbocycles. The van der Waals surface area contributed by atoms with Gasteiger partial charge in [-0.3, -0.25) is 9.69 Å². The highest BCUT2D eigenvalue weighted by Gasteiger charge is 2.55. The van der Waals surface area contributed by atoms with Crippen LogP contribution in [0.2, 0.25) is 5.02 Å². The summed E-state index contributed by atoms with van der Waals surface area (Å²) in [5.41, 5.74) is 6.67. The van der Waals surface area contributed by atoms with Crippen LogP contribution >= 0.6 is 11.6 Å². The highest BCUT2D eigenvalue weighted by molar-refractivity contribution is 6.30. The van der Waals surface area contributed by atoms with Gasteiger partial charge in [-0.15, -0.1) is 0 Å². The SMILES string of the molecule is Cn1cc(C(=O)O)nc1C(CCCC(N)=O)CC1C2CN(Cc3ccc(Cl)cc3)CC12. The van der Waals surface area contributed by atoms with Crippen LogP contribution in [0.4, 0.5) is 0 Å². The molecule has 3 N–H and O–H groups in total. The Labute approximate surface area is 187 Å². The smallest absolute Gasteiger partial charge is 0.356 e. The van der Waals surface area contributed by atoms with Crippen LogP contribution in [0.3, 0.4) is 0 Å². The van der Waals surface area contributed by atoms with Crippen LogP contribution in [0.5, 0.6) is 0 Å². The van der Waals surface area contributed by atoms with Gasteiger partial charge in [0.15, 0.2) is 5.69 Å². The lowest BCUT2D eigenvalue weighted by Gasteiger charge is -2.22. The first-order chi connectivity index (χ1) is 14.8. The van der Waals surface area contributed by atoms with Crippen molar-refractivity contribution in [1.82, 2.24) is 14.5 Å². The molecule has 7 nitrogen and oxygen atoms in total. The van der Waals surface area contributed by atoms with E-state index in [2.05, 4.69) is 22.0 Å². The Kier molecular flexibility index (Phi) is 6.34. The number of piperidine rings is 1. The second-order valence-electron chi connectivity index (χ2n) is 9.00. The summed E-state index contributed by atoms with van der Waals surface area (Å²) in [5, 5.41) is 10.1. The second-order valence-corrected chi connectivity index (χ2v) is 9.44. The largest absolute Gasteiger partial charge is 0.476 e. The van der Waals surface area contributed by atoms with Crippen LogP contribution in [0, 0.1) is 17.8 Å². The van der Waals surface area contributed by atoms with E-state index < -0.39 is 5.97 Å². The van der Waals surface area contributed by atoms with Gasteiger partial charge in [-0.1, -0.05) is 23.7 Å². The molecule has 1 amide bonds. The van der Waals surface area contributed by atoms with Gasteiger partial charge in [-0.05, 0) is 54.7 Å². The Morgan fingerprint density at radius 3 is 2.52 bits per heavy atom. The van der Waals surface area contributed by atoms with Gasteiger partial charge in [-0.2, -0.15) is 0 Å². The summed E-state index contributed by atoms with van der Waals surface area (Å²) >= 11 is 5.98. The maximum atomic E-state index is 11.3. The van der Waals surface area contributed by atoms with Crippen molar-refractivity contribution in [3.05, 3.63) is 52.6 Å². The van der Waals surface area contributed by atoms with Crippen LogP contribution < -0.4 is 5.73 Å². The average Bonchev–Trinajstić information content (AvgIpc) is 3.05. The fraction of sp³-hybridized carbons (Fsp3) is 0.522. The summed E-state index contributed by atoms with van der Waals surface area (Å²) in [7, 11) is 1.84. The van der Waals surface area contributed by atoms with Gasteiger partial charge >= 0.3 is 5.97 Å². The van der Waals surface area contributed by atoms with Crippen molar-refractivity contribution in [2.45, 2.75) is 38.1 Å². The summed E-state index contributed by atoms with van der Waals surface area (Å²) in [5.74, 6) is 1.62. The van der Waals surface area contributed by atoms with E-state index in [9.17, 15) is 14.7 Å². The molecule has 1 aliphatic carbocycles. The van der Waals surface area contributed by atoms with Crippen molar-refractivity contribution >= 4 is 23.5 Å². The number of hydrogen-bond acceptors (Lipinski definition) is 4. The van der Waals surface area contributed by atoms with E-state index in [1.807, 2.05) is 23.7 Å². The zero-order chi connectivity index (χ0) is 22.1. The summed E-state index contributed by atoms with van der Waals surface area (Å²) in [6.45, 7) is 3.13. The third-order valence-electron chi connectivity index (χ3n) is 6.80. The van der Waals surface area contributed by atoms with E-state index in [0.29, 0.717) is 30.6 Å². The number of carbonyl (C=O) groups excluding carboxylic acids is 1. The molecule has 3 atom stereocenters. The number of imidazole rings is 1. The number of benzene rings is 1. The molecular formula is C23H29ClN4O3. The lowest BCUT2D eigenvalue weighted by molar-refractivity contribution is -0.118. The molecule has 2 heterocycles. The van der Waals surface area contributed by atoms with Crippen molar-refractivity contribution in [1.29, 1.82) is 0 Å². The molecule has 166 valence electrons. The predicted molar refractivity (Wildman–Crippen MR) is 118 cm³/mol. The number of nitrogens with zero attached hydrogens (tertiary/aromatic N) is 3. The van der Waals surface area contributed by atoms with Crippen LogP contribution in [0.25, 0.3) is 0 Å². The van der Waals surface area contributed by atoms with Gasteiger partial charge in [0.05, 0.1) is 0 Å². The van der Waals surface area contributed by atoms with Gasteiger partial charge in [0.2, 0.25) is 5.91 Å². The first-order valence-corrected chi connectivity index (χ1v) is 11.2. The number of fused-ring (bicyclic) bond motifs is 1. The predicted octanol–water partition coefficient (Wildman–Crippen LogP) is 3.28. The van der Waals surface area contributed by atoms with Crippen molar-refractivity contribution in [3.63, 3.8) is 0 Å². The molecule has 4 rings (SSSR count). The number of carboxylic acids is 1. The second kappa shape index (κ2) is 9.01. The first-order valence-electron chi connectivity index (χ1n) is 10.8. The minimum atomic E-state index is -1.01. The monoisotopic (exact) mass is 444 g/mol. The molecule has 3 unspecified atom stereocenters. The lowest BCUT2D eigenvalue weighted by atomic mass is 9.93. The average molecular weight is 445 g/mol. The standard InChI is InChI=1S/C23H29ClN4O3/c1-27-13-20(23(30)31)26-22(27)15(3-2-4-21(25)29)9-17-18-11-28(12-19(17)18)10-14-5-7-16(24)8-6-14/h5-8,13,15,17-19H,2-4,9-12H2,1H3,(H2,25,29)(H,30,31). The van der Waals surface area contributed by atoms with Gasteiger partial charge in [0.1, 0.15) is 5.82 Å². The molecule has 1 aliphatic heterocycles. The van der Waals surface area contributed by atoms with Crippen molar-refractivity contribution in [3.8, 4) is 0 Å². The highest BCUT2D eigenvalue weighted by Crippen LogP contribution is 2.56. The van der Waals surface area contributed by atoms with Gasteiger partial charge in [0, 0.05) is 50.2 Å². The number of aryl methyl sites for hydroxylation is 1. The molecule has 1 saturated heterocycles. The molecule has 8 heteroatoms. The van der Waals surface area contributed by atoms with Crippen LogP contribution in [-0.2, 0) is 18.4 Å². The maximum absolute atomic E-state index is 11.3. The van der Waals surface area contributed by atoms with Crippen molar-refractivity contribution in [2.75, 3.05) is 13.1 Å². The van der Waals surface area contributed by atoms with Gasteiger partial charge in [0.25, 0.3) is 0 Å². The minimum Gasteiger partial charge on any atom is -0.476 e. The molecule has 2 aromatic rings. The zero-order valence-corrected chi connectivity index (χ0v) is 18.5. The van der Waals surface area contributed by atoms with E-state index in [0.717, 1.165) is 43.3 Å². The number of primary amides is 1. The van der Waals surface area contributed by atoms with Gasteiger partial charge < -0.3 is 15.4 Å². The highest BCUT2D eigenvalue weighted by atomic mass is 35.5. The lowest BCUT2D eigenvalue weighted by Crippen LogP contribution is -2.24. The third-order valence-corrected chi connectivity index (χ3v) is 7.05.